The van der Waals surface area contributed by atoms with Crippen molar-refractivity contribution in [3.63, 3.8) is 0 Å². The highest BCUT2D eigenvalue weighted by Crippen LogP contribution is 2.39. The average molecular weight is 425 g/mol. The van der Waals surface area contributed by atoms with Crippen LogP contribution >= 0.6 is 0 Å². The Morgan fingerprint density at radius 1 is 1.00 bits per heavy atom. The molecule has 1 aromatic carbocycles. The summed E-state index contributed by atoms with van der Waals surface area (Å²) >= 11 is 0. The summed E-state index contributed by atoms with van der Waals surface area (Å²) in [5.41, 5.74) is 1.06. The Morgan fingerprint density at radius 2 is 1.63 bits per heavy atom. The van der Waals surface area contributed by atoms with Crippen LogP contribution in [0.1, 0.15) is 25.8 Å². The molecule has 0 unspecified atom stereocenters. The summed E-state index contributed by atoms with van der Waals surface area (Å²) in [4.78, 5) is 26.5. The molecule has 30 heavy (non-hydrogen) atoms. The first-order chi connectivity index (χ1) is 14.4. The van der Waals surface area contributed by atoms with Crippen LogP contribution in [0, 0.1) is 0 Å². The lowest BCUT2D eigenvalue weighted by Gasteiger charge is -2.29. The predicted octanol–water partition coefficient (Wildman–Crippen LogP) is -1.38. The van der Waals surface area contributed by atoms with Gasteiger partial charge in [-0.05, 0) is 25.5 Å². The van der Waals surface area contributed by atoms with E-state index in [-0.39, 0.29) is 11.9 Å². The summed E-state index contributed by atoms with van der Waals surface area (Å²) in [6.07, 6.45) is 0.822. The second kappa shape index (κ2) is 11.6. The largest absolute Gasteiger partial charge is 0.493 e. The number of carbonyl (C=O) groups excluding carboxylic acids is 2. The lowest BCUT2D eigenvalue weighted by molar-refractivity contribution is -1.02. The van der Waals surface area contributed by atoms with Gasteiger partial charge in [-0.15, -0.1) is 0 Å². The summed E-state index contributed by atoms with van der Waals surface area (Å²) in [6, 6.07) is 3.53. The first-order valence-corrected chi connectivity index (χ1v) is 10.5. The number of hydrogen-bond donors (Lipinski definition) is 4. The Hall–Kier alpha value is -2.52. The van der Waals surface area contributed by atoms with Crippen molar-refractivity contribution in [2.45, 2.75) is 32.9 Å². The van der Waals surface area contributed by atoms with Crippen LogP contribution in [0.15, 0.2) is 12.1 Å². The molecular formula is C21H36N4O5+2. The van der Waals surface area contributed by atoms with Crippen molar-refractivity contribution in [1.29, 1.82) is 0 Å². The van der Waals surface area contributed by atoms with Gasteiger partial charge in [-0.3, -0.25) is 10.1 Å². The van der Waals surface area contributed by atoms with Gasteiger partial charge in [-0.25, -0.2) is 4.79 Å². The van der Waals surface area contributed by atoms with Crippen LogP contribution in [0.3, 0.4) is 0 Å². The van der Waals surface area contributed by atoms with Crippen LogP contribution < -0.4 is 34.6 Å². The predicted molar refractivity (Wildman–Crippen MR) is 112 cm³/mol. The van der Waals surface area contributed by atoms with Crippen LogP contribution in [0.5, 0.6) is 17.2 Å². The number of quaternary nitrogens is 2. The van der Waals surface area contributed by atoms with Gasteiger partial charge in [-0.1, -0.05) is 6.92 Å². The molecule has 1 aliphatic heterocycles. The molecular weight excluding hydrogens is 388 g/mol. The molecule has 1 fully saturated rings. The molecule has 1 aliphatic rings. The minimum atomic E-state index is -0.418. The minimum Gasteiger partial charge on any atom is -0.493 e. The number of urea groups is 1. The first kappa shape index (κ1) is 23.8. The van der Waals surface area contributed by atoms with Gasteiger partial charge < -0.3 is 29.3 Å². The van der Waals surface area contributed by atoms with Crippen LogP contribution in [0.2, 0.25) is 0 Å². The van der Waals surface area contributed by atoms with Gasteiger partial charge in [0.05, 0.1) is 26.9 Å². The highest BCUT2D eigenvalue weighted by Gasteiger charge is 2.27. The maximum atomic E-state index is 12.1. The molecule has 0 aromatic heterocycles. The highest BCUT2D eigenvalue weighted by atomic mass is 16.5. The maximum Gasteiger partial charge on any atom is 0.321 e. The van der Waals surface area contributed by atoms with Crippen LogP contribution in [0.25, 0.3) is 0 Å². The Morgan fingerprint density at radius 3 is 2.20 bits per heavy atom. The standard InChI is InChI=1S/C21H34N4O5/c1-6-15(2)22-21(27)23-18(26)14-25-11-9-24(10-12-25)13-16-7-8-17(28-3)20(30-5)19(16)29-4/h7-8,15H,6,9-14H2,1-5H3,(H2,22,23,26,27)/p+2/t15-/m0/s1. The van der Waals surface area contributed by atoms with Crippen molar-refractivity contribution in [3.05, 3.63) is 17.7 Å². The number of piperazine rings is 1. The van der Waals surface area contributed by atoms with E-state index in [1.165, 1.54) is 9.80 Å². The van der Waals surface area contributed by atoms with E-state index in [1.54, 1.807) is 21.3 Å². The van der Waals surface area contributed by atoms with Crippen molar-refractivity contribution >= 4 is 11.9 Å². The number of hydrogen-bond acceptors (Lipinski definition) is 5. The molecule has 4 N–H and O–H groups in total. The van der Waals surface area contributed by atoms with E-state index in [2.05, 4.69) is 10.6 Å². The third kappa shape index (κ3) is 6.50. The molecule has 1 aromatic rings. The minimum absolute atomic E-state index is 0.0471. The number of ether oxygens (including phenoxy) is 3. The van der Waals surface area contributed by atoms with Crippen molar-refractivity contribution in [2.24, 2.45) is 0 Å². The Kier molecular flexibility index (Phi) is 9.19. The third-order valence-corrected chi connectivity index (χ3v) is 5.54. The van der Waals surface area contributed by atoms with Gasteiger partial charge in [0.2, 0.25) is 5.75 Å². The number of imide groups is 1. The molecule has 0 aliphatic carbocycles. The fraction of sp³-hybridized carbons (Fsp3) is 0.619. The van der Waals surface area contributed by atoms with E-state index in [0.29, 0.717) is 23.8 Å². The Bertz CT molecular complexity index is 720. The molecule has 0 radical (unpaired) electrons. The quantitative estimate of drug-likeness (QED) is 0.392. The van der Waals surface area contributed by atoms with Gasteiger partial charge in [0.1, 0.15) is 32.7 Å². The Labute approximate surface area is 178 Å². The van der Waals surface area contributed by atoms with Gasteiger partial charge in [-0.2, -0.15) is 0 Å². The van der Waals surface area contributed by atoms with Crippen molar-refractivity contribution in [2.75, 3.05) is 54.1 Å². The van der Waals surface area contributed by atoms with Gasteiger partial charge in [0.15, 0.2) is 18.0 Å². The first-order valence-electron chi connectivity index (χ1n) is 10.5. The average Bonchev–Trinajstić information content (AvgIpc) is 2.74. The fourth-order valence-electron chi connectivity index (χ4n) is 3.64. The van der Waals surface area contributed by atoms with E-state index in [9.17, 15) is 9.59 Å². The van der Waals surface area contributed by atoms with Crippen LogP contribution in [-0.2, 0) is 11.3 Å². The molecule has 1 heterocycles. The zero-order valence-electron chi connectivity index (χ0n) is 18.7. The molecule has 1 atom stereocenters. The fourth-order valence-corrected chi connectivity index (χ4v) is 3.64. The molecule has 168 valence electrons. The van der Waals surface area contributed by atoms with Gasteiger partial charge >= 0.3 is 6.03 Å². The van der Waals surface area contributed by atoms with E-state index in [4.69, 9.17) is 14.2 Å². The van der Waals surface area contributed by atoms with E-state index >= 15 is 0 Å². The number of amides is 3. The third-order valence-electron chi connectivity index (χ3n) is 5.54. The van der Waals surface area contributed by atoms with Crippen molar-refractivity contribution in [3.8, 4) is 17.2 Å². The maximum absolute atomic E-state index is 12.1. The summed E-state index contributed by atoms with van der Waals surface area (Å²) in [6.45, 7) is 8.59. The number of carbonyl (C=O) groups is 2. The molecule has 3 amide bonds. The monoisotopic (exact) mass is 424 g/mol. The second-order valence-electron chi connectivity index (χ2n) is 7.68. The van der Waals surface area contributed by atoms with Crippen LogP contribution in [0.4, 0.5) is 4.79 Å². The molecule has 9 nitrogen and oxygen atoms in total. The normalized spacial score (nSPS) is 19.5. The smallest absolute Gasteiger partial charge is 0.321 e. The lowest BCUT2D eigenvalue weighted by Crippen LogP contribution is -3.28. The second-order valence-corrected chi connectivity index (χ2v) is 7.68. The van der Waals surface area contributed by atoms with Gasteiger partial charge in [0.25, 0.3) is 5.91 Å². The van der Waals surface area contributed by atoms with E-state index < -0.39 is 6.03 Å². The molecule has 1 saturated heterocycles. The zero-order valence-corrected chi connectivity index (χ0v) is 18.7. The molecule has 2 rings (SSSR count). The molecule has 9 heteroatoms. The lowest BCUT2D eigenvalue weighted by atomic mass is 10.1. The summed E-state index contributed by atoms with van der Waals surface area (Å²) in [5, 5.41) is 5.17. The Balaban J connectivity index is 1.85. The number of methoxy groups -OCH3 is 3. The van der Waals surface area contributed by atoms with Crippen LogP contribution in [-0.4, -0.2) is 72.0 Å². The zero-order chi connectivity index (χ0) is 22.1. The SMILES string of the molecule is CC[C@H](C)NC(=O)NC(=O)C[NH+]1CC[NH+](Cc2ccc(OC)c(OC)c2OC)CC1. The summed E-state index contributed by atoms with van der Waals surface area (Å²) in [5.74, 6) is 1.71. The number of benzene rings is 1. The molecule has 0 bridgehead atoms. The van der Waals surface area contributed by atoms with Crippen molar-refractivity contribution < 1.29 is 33.6 Å². The van der Waals surface area contributed by atoms with E-state index in [1.807, 2.05) is 26.0 Å². The van der Waals surface area contributed by atoms with Crippen molar-refractivity contribution in [1.82, 2.24) is 10.6 Å². The molecule has 0 spiro atoms. The highest BCUT2D eigenvalue weighted by molar-refractivity contribution is 5.94. The number of nitrogens with one attached hydrogen (secondary N) is 4. The number of rotatable bonds is 9. The summed E-state index contributed by atoms with van der Waals surface area (Å²) in [7, 11) is 4.84. The summed E-state index contributed by atoms with van der Waals surface area (Å²) < 4.78 is 16.4. The van der Waals surface area contributed by atoms with Gasteiger partial charge in [0, 0.05) is 6.04 Å². The molecule has 0 saturated carbocycles. The topological polar surface area (TPSA) is 94.8 Å². The van der Waals surface area contributed by atoms with E-state index in [0.717, 1.165) is 44.7 Å².